The first-order valence-electron chi connectivity index (χ1n) is 7.92. The number of ether oxygens (including phenoxy) is 1. The highest BCUT2D eigenvalue weighted by molar-refractivity contribution is 5.96. The quantitative estimate of drug-likeness (QED) is 0.552. The lowest BCUT2D eigenvalue weighted by molar-refractivity contribution is 0.0601. The van der Waals surface area contributed by atoms with Gasteiger partial charge in [-0.25, -0.2) is 4.79 Å². The van der Waals surface area contributed by atoms with E-state index in [2.05, 4.69) is 41.3 Å². The molecule has 0 fully saturated rings. The van der Waals surface area contributed by atoms with Crippen LogP contribution in [0.4, 0.5) is 0 Å². The first kappa shape index (κ1) is 14.6. The first-order chi connectivity index (χ1) is 11.7. The van der Waals surface area contributed by atoms with Crippen molar-refractivity contribution in [3.05, 3.63) is 71.0 Å². The van der Waals surface area contributed by atoms with Crippen LogP contribution in [0.25, 0.3) is 21.8 Å². The number of methoxy groups -OCH3 is 1. The third kappa shape index (κ3) is 2.27. The van der Waals surface area contributed by atoms with E-state index < -0.39 is 0 Å². The van der Waals surface area contributed by atoms with Gasteiger partial charge in [-0.2, -0.15) is 0 Å². The number of hydrogen-bond acceptors (Lipinski definition) is 2. The Morgan fingerprint density at radius 2 is 1.92 bits per heavy atom. The van der Waals surface area contributed by atoms with Gasteiger partial charge in [0, 0.05) is 40.1 Å². The van der Waals surface area contributed by atoms with Crippen molar-refractivity contribution in [2.24, 2.45) is 0 Å². The Bertz CT molecular complexity index is 1060. The summed E-state index contributed by atoms with van der Waals surface area (Å²) in [7, 11) is 1.40. The van der Waals surface area contributed by atoms with Gasteiger partial charge < -0.3 is 14.7 Å². The molecule has 0 saturated heterocycles. The molecular weight excluding hydrogens is 300 g/mol. The molecule has 0 bridgehead atoms. The maximum atomic E-state index is 11.7. The number of aromatic amines is 2. The number of aromatic nitrogens is 2. The molecule has 24 heavy (non-hydrogen) atoms. The number of carbonyl (C=O) groups is 1. The van der Waals surface area contributed by atoms with Crippen molar-refractivity contribution in [2.45, 2.75) is 13.3 Å². The second-order valence-electron chi connectivity index (χ2n) is 6.02. The molecule has 2 N–H and O–H groups in total. The minimum absolute atomic E-state index is 0.317. The van der Waals surface area contributed by atoms with Crippen molar-refractivity contribution < 1.29 is 9.53 Å². The van der Waals surface area contributed by atoms with Crippen LogP contribution in [0.2, 0.25) is 0 Å². The molecule has 0 spiro atoms. The summed E-state index contributed by atoms with van der Waals surface area (Å²) in [6.45, 7) is 2.07. The molecule has 0 amide bonds. The van der Waals surface area contributed by atoms with Crippen molar-refractivity contribution in [1.29, 1.82) is 0 Å². The highest BCUT2D eigenvalue weighted by atomic mass is 16.5. The van der Waals surface area contributed by atoms with Crippen LogP contribution < -0.4 is 0 Å². The van der Waals surface area contributed by atoms with Gasteiger partial charge in [-0.05, 0) is 36.2 Å². The fourth-order valence-electron chi connectivity index (χ4n) is 3.33. The third-order valence-electron chi connectivity index (χ3n) is 4.58. The smallest absolute Gasteiger partial charge is 0.337 e. The van der Waals surface area contributed by atoms with Gasteiger partial charge in [0.25, 0.3) is 0 Å². The fraction of sp³-hybridized carbons (Fsp3) is 0.150. The van der Waals surface area contributed by atoms with Crippen molar-refractivity contribution in [3.8, 4) is 0 Å². The summed E-state index contributed by atoms with van der Waals surface area (Å²) in [6.07, 6.45) is 2.92. The van der Waals surface area contributed by atoms with E-state index >= 15 is 0 Å². The number of nitrogens with one attached hydrogen (secondary N) is 2. The number of esters is 1. The molecule has 0 aliphatic carbocycles. The van der Waals surface area contributed by atoms with Gasteiger partial charge in [0.2, 0.25) is 0 Å². The summed E-state index contributed by atoms with van der Waals surface area (Å²) in [5, 5.41) is 2.39. The fourth-order valence-corrected chi connectivity index (χ4v) is 3.33. The van der Waals surface area contributed by atoms with E-state index in [1.54, 1.807) is 0 Å². The largest absolute Gasteiger partial charge is 0.465 e. The van der Waals surface area contributed by atoms with Gasteiger partial charge in [0.05, 0.1) is 12.7 Å². The number of carbonyl (C=O) groups excluding carboxylic acids is 1. The summed E-state index contributed by atoms with van der Waals surface area (Å²) < 4.78 is 4.80. The topological polar surface area (TPSA) is 57.9 Å². The normalized spacial score (nSPS) is 11.2. The maximum absolute atomic E-state index is 11.7. The predicted molar refractivity (Wildman–Crippen MR) is 95.5 cm³/mol. The summed E-state index contributed by atoms with van der Waals surface area (Å²) in [5.41, 5.74) is 6.32. The molecule has 0 unspecified atom stereocenters. The average Bonchev–Trinajstić information content (AvgIpc) is 3.15. The molecule has 4 heteroatoms. The number of hydrogen-bond donors (Lipinski definition) is 2. The standard InChI is InChI=1S/C20H18N2O2/c1-12-17(9-14-11-21-18-6-4-3-5-15(14)18)16-8-7-13(20(23)24-2)10-19(16)22-12/h3-8,10-11,21-22H,9H2,1-2H3. The zero-order valence-corrected chi connectivity index (χ0v) is 13.6. The highest BCUT2D eigenvalue weighted by Crippen LogP contribution is 2.28. The molecule has 2 aromatic heterocycles. The van der Waals surface area contributed by atoms with Gasteiger partial charge in [-0.1, -0.05) is 24.3 Å². The highest BCUT2D eigenvalue weighted by Gasteiger charge is 2.14. The van der Waals surface area contributed by atoms with Gasteiger partial charge >= 0.3 is 5.97 Å². The number of fused-ring (bicyclic) bond motifs is 2. The minimum Gasteiger partial charge on any atom is -0.465 e. The Morgan fingerprint density at radius 1 is 1.08 bits per heavy atom. The molecule has 0 radical (unpaired) electrons. The van der Waals surface area contributed by atoms with Gasteiger partial charge in [0.1, 0.15) is 0 Å². The molecule has 4 nitrogen and oxygen atoms in total. The van der Waals surface area contributed by atoms with Crippen LogP contribution >= 0.6 is 0 Å². The van der Waals surface area contributed by atoms with Crippen molar-refractivity contribution in [2.75, 3.05) is 7.11 Å². The summed E-state index contributed by atoms with van der Waals surface area (Å²) in [4.78, 5) is 18.4. The first-order valence-corrected chi connectivity index (χ1v) is 7.92. The van der Waals surface area contributed by atoms with Crippen LogP contribution in [-0.2, 0) is 11.2 Å². The van der Waals surface area contributed by atoms with Crippen LogP contribution in [0.15, 0.2) is 48.7 Å². The lowest BCUT2D eigenvalue weighted by Gasteiger charge is -2.02. The molecule has 0 aliphatic heterocycles. The molecular formula is C20H18N2O2. The van der Waals surface area contributed by atoms with Crippen LogP contribution in [0.5, 0.6) is 0 Å². The van der Waals surface area contributed by atoms with Crippen LogP contribution in [-0.4, -0.2) is 23.0 Å². The Labute approximate surface area is 139 Å². The van der Waals surface area contributed by atoms with E-state index in [9.17, 15) is 4.79 Å². The summed E-state index contributed by atoms with van der Waals surface area (Å²) in [5.74, 6) is -0.317. The Balaban J connectivity index is 1.79. The van der Waals surface area contributed by atoms with Gasteiger partial charge in [-0.3, -0.25) is 0 Å². The molecule has 4 rings (SSSR count). The van der Waals surface area contributed by atoms with Crippen molar-refractivity contribution in [1.82, 2.24) is 9.97 Å². The zero-order chi connectivity index (χ0) is 16.7. The Hall–Kier alpha value is -3.01. The van der Waals surface area contributed by atoms with Crippen LogP contribution in [0.1, 0.15) is 27.2 Å². The van der Waals surface area contributed by atoms with Crippen molar-refractivity contribution >= 4 is 27.8 Å². The van der Waals surface area contributed by atoms with E-state index in [1.165, 1.54) is 23.6 Å². The molecule has 4 aromatic rings. The van der Waals surface area contributed by atoms with E-state index in [0.29, 0.717) is 5.56 Å². The molecule has 120 valence electrons. The lowest BCUT2D eigenvalue weighted by Crippen LogP contribution is -2.00. The van der Waals surface area contributed by atoms with Crippen molar-refractivity contribution in [3.63, 3.8) is 0 Å². The van der Waals surface area contributed by atoms with Crippen LogP contribution in [0, 0.1) is 6.92 Å². The second kappa shape index (κ2) is 5.57. The number of benzene rings is 2. The lowest BCUT2D eigenvalue weighted by atomic mass is 10.0. The van der Waals surface area contributed by atoms with Crippen LogP contribution in [0.3, 0.4) is 0 Å². The average molecular weight is 318 g/mol. The zero-order valence-electron chi connectivity index (χ0n) is 13.6. The second-order valence-corrected chi connectivity index (χ2v) is 6.02. The molecule has 0 aliphatic rings. The predicted octanol–water partition coefficient (Wildman–Crippen LogP) is 4.34. The molecule has 0 atom stereocenters. The van der Waals surface area contributed by atoms with Gasteiger partial charge in [0.15, 0.2) is 0 Å². The third-order valence-corrected chi connectivity index (χ3v) is 4.58. The molecule has 2 heterocycles. The van der Waals surface area contributed by atoms with E-state index in [0.717, 1.165) is 28.5 Å². The number of aryl methyl sites for hydroxylation is 1. The summed E-state index contributed by atoms with van der Waals surface area (Å²) >= 11 is 0. The number of H-pyrrole nitrogens is 2. The van der Waals surface area contributed by atoms with E-state index in [-0.39, 0.29) is 5.97 Å². The number of para-hydroxylation sites is 1. The van der Waals surface area contributed by atoms with Gasteiger partial charge in [-0.15, -0.1) is 0 Å². The Morgan fingerprint density at radius 3 is 2.75 bits per heavy atom. The molecule has 2 aromatic carbocycles. The SMILES string of the molecule is COC(=O)c1ccc2c(Cc3c[nH]c4ccccc34)c(C)[nH]c2c1. The Kier molecular flexibility index (Phi) is 3.38. The van der Waals surface area contributed by atoms with E-state index in [4.69, 9.17) is 4.74 Å². The van der Waals surface area contributed by atoms with E-state index in [1.807, 2.05) is 24.3 Å². The summed E-state index contributed by atoms with van der Waals surface area (Å²) in [6, 6.07) is 14.0. The molecule has 0 saturated carbocycles. The minimum atomic E-state index is -0.317. The maximum Gasteiger partial charge on any atom is 0.337 e. The monoisotopic (exact) mass is 318 g/mol. The number of rotatable bonds is 3.